The maximum atomic E-state index is 11.7. The molecule has 82 valence electrons. The highest BCUT2D eigenvalue weighted by molar-refractivity contribution is 5.85. The number of aliphatic hydroxyl groups is 1. The van der Waals surface area contributed by atoms with E-state index < -0.39 is 0 Å². The molecule has 1 atom stereocenters. The summed E-state index contributed by atoms with van der Waals surface area (Å²) < 4.78 is 0. The molecule has 0 saturated carbocycles. The largest absolute Gasteiger partial charge is 0.391 e. The zero-order valence-electron chi connectivity index (χ0n) is 8.08. The summed E-state index contributed by atoms with van der Waals surface area (Å²) in [5.41, 5.74) is -0.275. The molecule has 1 spiro atoms. The molecular weight excluding hydrogens is 204 g/mol. The molecular formula is C9H17ClN2O2. The van der Waals surface area contributed by atoms with Crippen LogP contribution in [0.1, 0.15) is 19.3 Å². The first-order valence-electron chi connectivity index (χ1n) is 4.90. The molecule has 0 bridgehead atoms. The number of carbonyl (C=O) groups excluding carboxylic acids is 1. The van der Waals surface area contributed by atoms with Crippen molar-refractivity contribution in [3.8, 4) is 0 Å². The molecule has 2 fully saturated rings. The molecule has 14 heavy (non-hydrogen) atoms. The zero-order valence-corrected chi connectivity index (χ0v) is 8.90. The molecule has 0 aliphatic carbocycles. The van der Waals surface area contributed by atoms with E-state index in [1.54, 1.807) is 0 Å². The van der Waals surface area contributed by atoms with Crippen LogP contribution in [-0.4, -0.2) is 36.8 Å². The van der Waals surface area contributed by atoms with Gasteiger partial charge in [0.15, 0.2) is 0 Å². The van der Waals surface area contributed by atoms with Crippen LogP contribution in [0.5, 0.6) is 0 Å². The van der Waals surface area contributed by atoms with E-state index in [4.69, 9.17) is 0 Å². The van der Waals surface area contributed by atoms with E-state index in [2.05, 4.69) is 10.6 Å². The van der Waals surface area contributed by atoms with E-state index in [1.165, 1.54) is 0 Å². The van der Waals surface area contributed by atoms with Gasteiger partial charge in [-0.2, -0.15) is 0 Å². The van der Waals surface area contributed by atoms with Crippen molar-refractivity contribution in [3.63, 3.8) is 0 Å². The number of β-amino-alcohol motifs (C(OH)–C–C–N with tert-alkyl or cyclic N) is 1. The Labute approximate surface area is 89.9 Å². The number of aliphatic hydroxyl groups excluding tert-OH is 1. The number of piperidine rings is 2. The number of carbonyl (C=O) groups is 1. The number of amides is 1. The number of hydrogen-bond acceptors (Lipinski definition) is 3. The summed E-state index contributed by atoms with van der Waals surface area (Å²) in [6, 6.07) is 0. The molecule has 1 unspecified atom stereocenters. The number of nitrogens with one attached hydrogen (secondary N) is 2. The lowest BCUT2D eigenvalue weighted by Crippen LogP contribution is -2.55. The number of hydrogen-bond donors (Lipinski definition) is 3. The molecule has 0 aromatic heterocycles. The number of halogens is 1. The second kappa shape index (κ2) is 4.47. The molecule has 2 saturated heterocycles. The van der Waals surface area contributed by atoms with Crippen LogP contribution in [0.2, 0.25) is 0 Å². The highest BCUT2D eigenvalue weighted by atomic mass is 35.5. The fraction of sp³-hybridized carbons (Fsp3) is 0.889. The summed E-state index contributed by atoms with van der Waals surface area (Å²) in [7, 11) is 0. The van der Waals surface area contributed by atoms with Gasteiger partial charge in [-0.05, 0) is 32.4 Å². The summed E-state index contributed by atoms with van der Waals surface area (Å²) in [5, 5.41) is 15.5. The van der Waals surface area contributed by atoms with Gasteiger partial charge >= 0.3 is 0 Å². The first-order chi connectivity index (χ1) is 6.23. The normalized spacial score (nSPS) is 30.6. The molecule has 0 radical (unpaired) electrons. The molecule has 0 aromatic carbocycles. The van der Waals surface area contributed by atoms with Gasteiger partial charge < -0.3 is 15.7 Å². The summed E-state index contributed by atoms with van der Waals surface area (Å²) in [6.45, 7) is 2.20. The SMILES string of the molecule is Cl.O=C1NCC(O)CC12CCNCC2. The van der Waals surface area contributed by atoms with Crippen LogP contribution in [0.4, 0.5) is 0 Å². The van der Waals surface area contributed by atoms with Gasteiger partial charge in [0.25, 0.3) is 0 Å². The highest BCUT2D eigenvalue weighted by Crippen LogP contribution is 2.36. The summed E-state index contributed by atoms with van der Waals surface area (Å²) in [4.78, 5) is 11.7. The maximum Gasteiger partial charge on any atom is 0.226 e. The van der Waals surface area contributed by atoms with Gasteiger partial charge in [0.1, 0.15) is 0 Å². The zero-order chi connectivity index (χ0) is 9.31. The van der Waals surface area contributed by atoms with Crippen molar-refractivity contribution in [3.05, 3.63) is 0 Å². The molecule has 5 heteroatoms. The minimum atomic E-state index is -0.351. The predicted molar refractivity (Wildman–Crippen MR) is 55.4 cm³/mol. The third-order valence-corrected chi connectivity index (χ3v) is 3.17. The van der Waals surface area contributed by atoms with E-state index >= 15 is 0 Å². The molecule has 0 aromatic rings. The Bertz CT molecular complexity index is 217. The van der Waals surface area contributed by atoms with E-state index in [-0.39, 0.29) is 29.8 Å². The van der Waals surface area contributed by atoms with Crippen molar-refractivity contribution in [1.29, 1.82) is 0 Å². The molecule has 2 aliphatic heterocycles. The Morgan fingerprint density at radius 2 is 2.00 bits per heavy atom. The second-order valence-electron chi connectivity index (χ2n) is 4.10. The van der Waals surface area contributed by atoms with Crippen molar-refractivity contribution >= 4 is 18.3 Å². The van der Waals surface area contributed by atoms with Gasteiger partial charge in [0, 0.05) is 6.54 Å². The van der Waals surface area contributed by atoms with Gasteiger partial charge in [0.05, 0.1) is 11.5 Å². The fourth-order valence-electron chi connectivity index (χ4n) is 2.35. The summed E-state index contributed by atoms with van der Waals surface area (Å²) >= 11 is 0. The van der Waals surface area contributed by atoms with Crippen LogP contribution in [0, 0.1) is 5.41 Å². The van der Waals surface area contributed by atoms with Gasteiger partial charge in [0.2, 0.25) is 5.91 Å². The van der Waals surface area contributed by atoms with Crippen LogP contribution >= 0.6 is 12.4 Å². The second-order valence-corrected chi connectivity index (χ2v) is 4.10. The van der Waals surface area contributed by atoms with E-state index in [0.717, 1.165) is 25.9 Å². The smallest absolute Gasteiger partial charge is 0.226 e. The third kappa shape index (κ3) is 2.02. The molecule has 3 N–H and O–H groups in total. The Morgan fingerprint density at radius 3 is 2.64 bits per heavy atom. The van der Waals surface area contributed by atoms with Crippen molar-refractivity contribution in [2.75, 3.05) is 19.6 Å². The lowest BCUT2D eigenvalue weighted by atomic mass is 9.72. The Morgan fingerprint density at radius 1 is 1.36 bits per heavy atom. The Hall–Kier alpha value is -0.320. The standard InChI is InChI=1S/C9H16N2O2.ClH/c12-7-5-9(8(13)11-6-7)1-3-10-4-2-9;/h7,10,12H,1-6H2,(H,11,13);1H. The lowest BCUT2D eigenvalue weighted by molar-refractivity contribution is -0.139. The van der Waals surface area contributed by atoms with Crippen molar-refractivity contribution in [1.82, 2.24) is 10.6 Å². The Balaban J connectivity index is 0.000000980. The van der Waals surface area contributed by atoms with Gasteiger partial charge in [-0.25, -0.2) is 0 Å². The summed E-state index contributed by atoms with van der Waals surface area (Å²) in [6.07, 6.45) is 2.00. The third-order valence-electron chi connectivity index (χ3n) is 3.17. The first kappa shape index (κ1) is 11.8. The summed E-state index contributed by atoms with van der Waals surface area (Å²) in [5.74, 6) is 0.138. The van der Waals surface area contributed by atoms with Crippen molar-refractivity contribution in [2.24, 2.45) is 5.41 Å². The van der Waals surface area contributed by atoms with Gasteiger partial charge in [-0.1, -0.05) is 0 Å². The minimum Gasteiger partial charge on any atom is -0.391 e. The maximum absolute atomic E-state index is 11.7. The molecule has 2 rings (SSSR count). The van der Waals surface area contributed by atoms with E-state index in [0.29, 0.717) is 13.0 Å². The quantitative estimate of drug-likeness (QED) is 0.524. The van der Waals surface area contributed by atoms with Crippen molar-refractivity contribution < 1.29 is 9.90 Å². The molecule has 2 aliphatic rings. The van der Waals surface area contributed by atoms with E-state index in [1.807, 2.05) is 0 Å². The van der Waals surface area contributed by atoms with Crippen molar-refractivity contribution in [2.45, 2.75) is 25.4 Å². The van der Waals surface area contributed by atoms with Crippen LogP contribution in [0.25, 0.3) is 0 Å². The predicted octanol–water partition coefficient (Wildman–Crippen LogP) is -0.341. The number of rotatable bonds is 0. The molecule has 4 nitrogen and oxygen atoms in total. The monoisotopic (exact) mass is 220 g/mol. The van der Waals surface area contributed by atoms with Crippen LogP contribution in [0.3, 0.4) is 0 Å². The lowest BCUT2D eigenvalue weighted by Gasteiger charge is -2.41. The average Bonchev–Trinajstić information content (AvgIpc) is 2.14. The minimum absolute atomic E-state index is 0. The van der Waals surface area contributed by atoms with E-state index in [9.17, 15) is 9.90 Å². The molecule has 2 heterocycles. The van der Waals surface area contributed by atoms with Crippen LogP contribution in [-0.2, 0) is 4.79 Å². The van der Waals surface area contributed by atoms with Gasteiger partial charge in [-0.3, -0.25) is 4.79 Å². The van der Waals surface area contributed by atoms with Gasteiger partial charge in [-0.15, -0.1) is 12.4 Å². The average molecular weight is 221 g/mol. The molecule has 1 amide bonds. The Kier molecular flexibility index (Phi) is 3.75. The topological polar surface area (TPSA) is 61.4 Å². The van der Waals surface area contributed by atoms with Crippen LogP contribution < -0.4 is 10.6 Å². The fourth-order valence-corrected chi connectivity index (χ4v) is 2.35. The van der Waals surface area contributed by atoms with Crippen LogP contribution in [0.15, 0.2) is 0 Å². The first-order valence-corrected chi connectivity index (χ1v) is 4.90. The highest BCUT2D eigenvalue weighted by Gasteiger charge is 2.43.